The van der Waals surface area contributed by atoms with E-state index in [-0.39, 0.29) is 0 Å². The van der Waals surface area contributed by atoms with E-state index in [2.05, 4.69) is 40.5 Å². The quantitative estimate of drug-likeness (QED) is 0.401. The van der Waals surface area contributed by atoms with Crippen molar-refractivity contribution in [2.24, 2.45) is 40.9 Å². The summed E-state index contributed by atoms with van der Waals surface area (Å²) in [6.45, 7) is 10.1. The van der Waals surface area contributed by atoms with Crippen molar-refractivity contribution in [1.29, 1.82) is 0 Å². The third-order valence-corrected chi connectivity index (χ3v) is 7.10. The summed E-state index contributed by atoms with van der Waals surface area (Å²) in [6, 6.07) is 0. The Bertz CT molecular complexity index is 333. The Labute approximate surface area is 155 Å². The van der Waals surface area contributed by atoms with E-state index in [1.165, 1.54) is 25.7 Å². The van der Waals surface area contributed by atoms with Gasteiger partial charge in [-0.25, -0.2) is 0 Å². The predicted octanol–water partition coefficient (Wildman–Crippen LogP) is 6.92. The zero-order chi connectivity index (χ0) is 16.3. The second-order valence-electron chi connectivity index (χ2n) is 8.50. The first-order valence-corrected chi connectivity index (χ1v) is 13.3. The van der Waals surface area contributed by atoms with Crippen molar-refractivity contribution in [3.05, 3.63) is 12.8 Å². The van der Waals surface area contributed by atoms with Gasteiger partial charge in [-0.15, -0.1) is 0 Å². The van der Waals surface area contributed by atoms with Gasteiger partial charge in [-0.1, -0.05) is 34.1 Å². The molecule has 126 valence electrons. The summed E-state index contributed by atoms with van der Waals surface area (Å²) in [5, 5.41) is 0. The molecule has 6 unspecified atom stereocenters. The maximum atomic E-state index is 4.89. The van der Waals surface area contributed by atoms with E-state index in [0.717, 1.165) is 35.5 Å². The van der Waals surface area contributed by atoms with Crippen molar-refractivity contribution in [2.45, 2.75) is 66.2 Å². The van der Waals surface area contributed by atoms with Crippen LogP contribution in [0.3, 0.4) is 0 Å². The fourth-order valence-corrected chi connectivity index (χ4v) is 5.83. The Balaban J connectivity index is 0.000000184. The molecule has 0 amide bonds. The molecule has 0 N–H and O–H groups in total. The van der Waals surface area contributed by atoms with E-state index in [9.17, 15) is 0 Å². The van der Waals surface area contributed by atoms with E-state index >= 15 is 0 Å². The number of hydrogen-bond donors (Lipinski definition) is 0. The summed E-state index contributed by atoms with van der Waals surface area (Å²) in [5.74, 6) is 6.37. The van der Waals surface area contributed by atoms with Crippen LogP contribution in [0.25, 0.3) is 0 Å². The Morgan fingerprint density at radius 2 is 1.55 bits per heavy atom. The summed E-state index contributed by atoms with van der Waals surface area (Å²) in [6.07, 6.45) is 13.1. The van der Waals surface area contributed by atoms with Crippen molar-refractivity contribution in [1.82, 2.24) is 0 Å². The second kappa shape index (κ2) is 8.60. The van der Waals surface area contributed by atoms with E-state index in [1.54, 1.807) is 12.8 Å². The van der Waals surface area contributed by atoms with Crippen LogP contribution in [0.4, 0.5) is 0 Å². The molecule has 6 atom stereocenters. The summed E-state index contributed by atoms with van der Waals surface area (Å²) >= 11 is -0.556. The van der Waals surface area contributed by atoms with E-state index in [1.807, 2.05) is 0 Å². The molecule has 5 fully saturated rings. The van der Waals surface area contributed by atoms with Gasteiger partial charge < -0.3 is 0 Å². The van der Waals surface area contributed by atoms with Crippen LogP contribution in [0.5, 0.6) is 0 Å². The summed E-state index contributed by atoms with van der Waals surface area (Å²) in [4.78, 5) is 0. The molecular formula is C19H32Cl2Ti. The second-order valence-corrected chi connectivity index (χ2v) is 11.1. The predicted molar refractivity (Wildman–Crippen MR) is 94.1 cm³/mol. The van der Waals surface area contributed by atoms with Crippen molar-refractivity contribution in [3.63, 3.8) is 0 Å². The fraction of sp³-hybridized carbons (Fsp3) is 0.895. The fourth-order valence-electron chi connectivity index (χ4n) is 5.83. The van der Waals surface area contributed by atoms with Crippen molar-refractivity contribution in [2.75, 3.05) is 0 Å². The molecule has 0 saturated heterocycles. The molecule has 0 aromatic heterocycles. The van der Waals surface area contributed by atoms with Crippen LogP contribution in [-0.4, -0.2) is 0 Å². The van der Waals surface area contributed by atoms with Crippen LogP contribution in [0.15, 0.2) is 0 Å². The van der Waals surface area contributed by atoms with Gasteiger partial charge in [0.1, 0.15) is 0 Å². The van der Waals surface area contributed by atoms with Gasteiger partial charge in [-0.2, -0.15) is 0 Å². The molecule has 5 aliphatic carbocycles. The SMILES string of the molecule is CC1CC(C)C2C1CC1CC2C1(C)C.[CH]1[CH]CCC1.[Cl][Ti][Cl]. The molecule has 2 radical (unpaired) electrons. The molecule has 0 aromatic carbocycles. The van der Waals surface area contributed by atoms with Gasteiger partial charge in [-0.3, -0.25) is 0 Å². The Hall–Kier alpha value is 1.29. The first-order valence-electron chi connectivity index (χ1n) is 9.04. The van der Waals surface area contributed by atoms with Crippen LogP contribution >= 0.6 is 18.6 Å². The molecule has 5 saturated carbocycles. The molecule has 0 spiro atoms. The Morgan fingerprint density at radius 3 is 2.00 bits per heavy atom. The molecule has 3 heteroatoms. The Morgan fingerprint density at radius 1 is 0.955 bits per heavy atom. The van der Waals surface area contributed by atoms with E-state index in [0.29, 0.717) is 5.41 Å². The molecule has 5 aliphatic rings. The molecule has 2 bridgehead atoms. The van der Waals surface area contributed by atoms with Crippen molar-refractivity contribution < 1.29 is 17.0 Å². The Kier molecular flexibility index (Phi) is 7.66. The standard InChI is InChI=1S/C14H24.C5H8.2ClH.Ti/c1-8-5-9(2)13-11(8)6-10-7-12(13)14(10,3)4;1-2-4-5-3-1;;;/h8-13H,5-7H2,1-4H3;1-2H,3-5H2;2*1H;/q;;;;+2/p-2. The maximum absolute atomic E-state index is 4.89. The first kappa shape index (κ1) is 19.6. The minimum atomic E-state index is -0.556. The topological polar surface area (TPSA) is 0 Å². The van der Waals surface area contributed by atoms with E-state index in [4.69, 9.17) is 18.6 Å². The third-order valence-electron chi connectivity index (χ3n) is 7.10. The van der Waals surface area contributed by atoms with Crippen LogP contribution in [0, 0.1) is 53.8 Å². The van der Waals surface area contributed by atoms with Gasteiger partial charge >= 0.3 is 35.6 Å². The van der Waals surface area contributed by atoms with Crippen molar-refractivity contribution >= 4 is 18.6 Å². The van der Waals surface area contributed by atoms with Gasteiger partial charge in [0.2, 0.25) is 0 Å². The minimum absolute atomic E-state index is 0.556. The van der Waals surface area contributed by atoms with Gasteiger partial charge in [-0.05, 0) is 85.9 Å². The summed E-state index contributed by atoms with van der Waals surface area (Å²) in [7, 11) is 9.78. The molecule has 5 rings (SSSR count). The zero-order valence-corrected chi connectivity index (χ0v) is 17.7. The molecular weight excluding hydrogens is 347 g/mol. The monoisotopic (exact) mass is 378 g/mol. The van der Waals surface area contributed by atoms with Crippen LogP contribution in [0.1, 0.15) is 66.2 Å². The number of hydrogen-bond acceptors (Lipinski definition) is 0. The normalized spacial score (nSPS) is 43.7. The number of rotatable bonds is 0. The van der Waals surface area contributed by atoms with Crippen LogP contribution in [0.2, 0.25) is 0 Å². The first-order chi connectivity index (χ1) is 10.4. The van der Waals surface area contributed by atoms with E-state index < -0.39 is 17.0 Å². The molecule has 0 aliphatic heterocycles. The zero-order valence-electron chi connectivity index (χ0n) is 14.6. The number of halogens is 2. The summed E-state index contributed by atoms with van der Waals surface area (Å²) in [5.41, 5.74) is 0.694. The average Bonchev–Trinajstić information content (AvgIpc) is 3.13. The van der Waals surface area contributed by atoms with Gasteiger partial charge in [0, 0.05) is 0 Å². The van der Waals surface area contributed by atoms with Crippen molar-refractivity contribution in [3.8, 4) is 0 Å². The summed E-state index contributed by atoms with van der Waals surface area (Å²) < 4.78 is 0. The third kappa shape index (κ3) is 4.09. The van der Waals surface area contributed by atoms with Gasteiger partial charge in [0.05, 0.1) is 0 Å². The van der Waals surface area contributed by atoms with Gasteiger partial charge in [0.25, 0.3) is 0 Å². The van der Waals surface area contributed by atoms with Gasteiger partial charge in [0.15, 0.2) is 0 Å². The molecule has 0 heterocycles. The average molecular weight is 379 g/mol. The molecule has 0 aromatic rings. The molecule has 0 nitrogen and oxygen atoms in total. The van der Waals surface area contributed by atoms with Crippen LogP contribution < -0.4 is 0 Å². The molecule has 22 heavy (non-hydrogen) atoms. The van der Waals surface area contributed by atoms with Crippen LogP contribution in [-0.2, 0) is 17.0 Å².